The quantitative estimate of drug-likeness (QED) is 0.212. The van der Waals surface area contributed by atoms with E-state index in [-0.39, 0.29) is 35.6 Å². The van der Waals surface area contributed by atoms with E-state index in [1.165, 1.54) is 25.1 Å². The number of benzene rings is 1. The van der Waals surface area contributed by atoms with E-state index >= 15 is 4.39 Å². The standard InChI is InChI=1S/C31H44FN3O11S/c1-8-18(2)26(33-28(38)46-31(5,6)7)27(37)43-20(4)44-29(39)34(19(3)36)16-23-17-35(30(40)45-23)22-9-10-24(25(32)15-22)21-11-13-47(41,42)14-12-21/h9-10,15,18,20-21,23,26H,8,11-14,16-17H2,1-7H3,(H,33,38)/t18-,20?,23-,26-/m0/s1. The third-order valence-electron chi connectivity index (χ3n) is 7.84. The maximum atomic E-state index is 15.1. The summed E-state index contributed by atoms with van der Waals surface area (Å²) in [6.07, 6.45) is -4.15. The van der Waals surface area contributed by atoms with Crippen molar-refractivity contribution < 1.29 is 55.7 Å². The fourth-order valence-electron chi connectivity index (χ4n) is 5.15. The Morgan fingerprint density at radius 3 is 2.32 bits per heavy atom. The summed E-state index contributed by atoms with van der Waals surface area (Å²) in [7, 11) is -3.12. The van der Waals surface area contributed by atoms with Gasteiger partial charge in [-0.05, 0) is 63.1 Å². The van der Waals surface area contributed by atoms with E-state index in [0.717, 1.165) is 11.8 Å². The minimum Gasteiger partial charge on any atom is -0.444 e. The lowest BCUT2D eigenvalue weighted by molar-refractivity contribution is -0.170. The van der Waals surface area contributed by atoms with E-state index in [0.29, 0.717) is 29.7 Å². The van der Waals surface area contributed by atoms with Crippen molar-refractivity contribution in [2.24, 2.45) is 5.92 Å². The van der Waals surface area contributed by atoms with Crippen LogP contribution in [0.3, 0.4) is 0 Å². The Bertz CT molecular complexity index is 1450. The van der Waals surface area contributed by atoms with Crippen LogP contribution >= 0.6 is 0 Å². The summed E-state index contributed by atoms with van der Waals surface area (Å²) in [4.78, 5) is 65.0. The molecule has 1 aromatic carbocycles. The first-order valence-corrected chi connectivity index (χ1v) is 17.3. The smallest absolute Gasteiger partial charge is 0.419 e. The Morgan fingerprint density at radius 1 is 1.13 bits per heavy atom. The molecule has 0 saturated carbocycles. The molecule has 2 saturated heterocycles. The highest BCUT2D eigenvalue weighted by molar-refractivity contribution is 7.91. The molecule has 2 fully saturated rings. The van der Waals surface area contributed by atoms with Crippen molar-refractivity contribution >= 4 is 45.7 Å². The molecule has 1 N–H and O–H groups in total. The lowest BCUT2D eigenvalue weighted by Crippen LogP contribution is -2.49. The molecule has 16 heteroatoms. The molecule has 0 aromatic heterocycles. The predicted octanol–water partition coefficient (Wildman–Crippen LogP) is 4.26. The van der Waals surface area contributed by atoms with Crippen LogP contribution in [0, 0.1) is 11.7 Å². The van der Waals surface area contributed by atoms with Gasteiger partial charge in [-0.15, -0.1) is 0 Å². The van der Waals surface area contributed by atoms with Crippen molar-refractivity contribution in [3.8, 4) is 0 Å². The van der Waals surface area contributed by atoms with Crippen molar-refractivity contribution in [1.82, 2.24) is 10.2 Å². The van der Waals surface area contributed by atoms with E-state index in [9.17, 15) is 32.4 Å². The summed E-state index contributed by atoms with van der Waals surface area (Å²) >= 11 is 0. The molecule has 4 amide bonds. The Labute approximate surface area is 274 Å². The second-order valence-corrected chi connectivity index (χ2v) is 15.1. The number of nitrogens with zero attached hydrogens (tertiary/aromatic N) is 2. The van der Waals surface area contributed by atoms with Crippen LogP contribution < -0.4 is 10.2 Å². The van der Waals surface area contributed by atoms with Gasteiger partial charge in [-0.25, -0.2) is 36.9 Å². The van der Waals surface area contributed by atoms with Crippen molar-refractivity contribution in [3.63, 3.8) is 0 Å². The molecule has 1 aromatic rings. The minimum absolute atomic E-state index is 0.0147. The molecule has 262 valence electrons. The molecule has 1 unspecified atom stereocenters. The van der Waals surface area contributed by atoms with Gasteiger partial charge in [-0.1, -0.05) is 26.3 Å². The van der Waals surface area contributed by atoms with Gasteiger partial charge in [-0.2, -0.15) is 0 Å². The molecule has 0 bridgehead atoms. The molecule has 0 spiro atoms. The summed E-state index contributed by atoms with van der Waals surface area (Å²) in [6, 6.07) is 3.11. The third kappa shape index (κ3) is 10.5. The zero-order valence-corrected chi connectivity index (χ0v) is 28.6. The molecule has 0 radical (unpaired) electrons. The molecular weight excluding hydrogens is 641 g/mol. The topological polar surface area (TPSA) is 175 Å². The fraction of sp³-hybridized carbons (Fsp3) is 0.645. The summed E-state index contributed by atoms with van der Waals surface area (Å²) in [5.41, 5.74) is -0.248. The van der Waals surface area contributed by atoms with E-state index in [2.05, 4.69) is 5.32 Å². The maximum absolute atomic E-state index is 15.1. The number of hydrogen-bond donors (Lipinski definition) is 1. The van der Waals surface area contributed by atoms with Crippen LogP contribution in [-0.4, -0.2) is 92.1 Å². The fourth-order valence-corrected chi connectivity index (χ4v) is 6.64. The molecule has 47 heavy (non-hydrogen) atoms. The predicted molar refractivity (Wildman–Crippen MR) is 167 cm³/mol. The molecule has 3 rings (SSSR count). The van der Waals surface area contributed by atoms with Gasteiger partial charge in [0.05, 0.1) is 30.3 Å². The van der Waals surface area contributed by atoms with Gasteiger partial charge in [0, 0.05) is 13.8 Å². The number of anilines is 1. The van der Waals surface area contributed by atoms with Crippen LogP contribution in [0.15, 0.2) is 18.2 Å². The highest BCUT2D eigenvalue weighted by Crippen LogP contribution is 2.33. The van der Waals surface area contributed by atoms with Gasteiger partial charge in [0.25, 0.3) is 0 Å². The second kappa shape index (κ2) is 15.3. The number of amides is 4. The largest absolute Gasteiger partial charge is 0.444 e. The Balaban J connectivity index is 1.60. The number of carbonyl (C=O) groups excluding carboxylic acids is 5. The van der Waals surface area contributed by atoms with Crippen molar-refractivity contribution in [2.45, 2.75) is 97.7 Å². The first kappa shape index (κ1) is 37.5. The zero-order chi connectivity index (χ0) is 35.3. The number of nitrogens with one attached hydrogen (secondary N) is 1. The number of ether oxygens (including phenoxy) is 4. The zero-order valence-electron chi connectivity index (χ0n) is 27.7. The average molecular weight is 686 g/mol. The van der Waals surface area contributed by atoms with Gasteiger partial charge in [0.1, 0.15) is 33.4 Å². The number of cyclic esters (lactones) is 1. The van der Waals surface area contributed by atoms with Crippen LogP contribution in [-0.2, 0) is 38.4 Å². The number of sulfone groups is 1. The van der Waals surface area contributed by atoms with Gasteiger partial charge in [-0.3, -0.25) is 9.69 Å². The van der Waals surface area contributed by atoms with E-state index in [4.69, 9.17) is 18.9 Å². The number of rotatable bonds is 10. The normalized spacial score (nSPS) is 20.0. The molecule has 2 aliphatic heterocycles. The van der Waals surface area contributed by atoms with Crippen LogP contribution in [0.2, 0.25) is 0 Å². The third-order valence-corrected chi connectivity index (χ3v) is 9.55. The maximum Gasteiger partial charge on any atom is 0.419 e. The molecular formula is C31H44FN3O11S. The Morgan fingerprint density at radius 2 is 1.77 bits per heavy atom. The summed E-state index contributed by atoms with van der Waals surface area (Å²) in [6.45, 7) is 10.4. The van der Waals surface area contributed by atoms with Gasteiger partial charge < -0.3 is 24.3 Å². The van der Waals surface area contributed by atoms with Crippen molar-refractivity contribution in [2.75, 3.05) is 29.5 Å². The molecule has 0 aliphatic carbocycles. The van der Waals surface area contributed by atoms with Crippen LogP contribution in [0.1, 0.15) is 79.2 Å². The van der Waals surface area contributed by atoms with Gasteiger partial charge in [0.15, 0.2) is 0 Å². The SMILES string of the molecule is CC[C@H](C)[C@H](NC(=O)OC(C)(C)C)C(=O)OC(C)OC(=O)N(C[C@H]1CN(c2ccc(C3CCS(=O)(=O)CC3)c(F)c2)C(=O)O1)C(C)=O. The highest BCUT2D eigenvalue weighted by atomic mass is 32.2. The van der Waals surface area contributed by atoms with E-state index in [1.54, 1.807) is 27.7 Å². The van der Waals surface area contributed by atoms with Crippen LogP contribution in [0.5, 0.6) is 0 Å². The Kier molecular flexibility index (Phi) is 12.2. The lowest BCUT2D eigenvalue weighted by Gasteiger charge is -2.27. The van der Waals surface area contributed by atoms with Crippen molar-refractivity contribution in [3.05, 3.63) is 29.6 Å². The van der Waals surface area contributed by atoms with Crippen molar-refractivity contribution in [1.29, 1.82) is 0 Å². The van der Waals surface area contributed by atoms with E-state index in [1.807, 2.05) is 6.92 Å². The number of imide groups is 1. The highest BCUT2D eigenvalue weighted by Gasteiger charge is 2.38. The minimum atomic E-state index is -3.12. The second-order valence-electron chi connectivity index (χ2n) is 12.8. The van der Waals surface area contributed by atoms with Gasteiger partial charge >= 0.3 is 24.2 Å². The van der Waals surface area contributed by atoms with Gasteiger partial charge in [0.2, 0.25) is 12.2 Å². The summed E-state index contributed by atoms with van der Waals surface area (Å²) < 4.78 is 59.6. The lowest BCUT2D eigenvalue weighted by atomic mass is 9.93. The molecule has 14 nitrogen and oxygen atoms in total. The number of alkyl carbamates (subject to hydrolysis) is 1. The summed E-state index contributed by atoms with van der Waals surface area (Å²) in [5.74, 6) is -2.85. The number of hydrogen-bond acceptors (Lipinski definition) is 11. The van der Waals surface area contributed by atoms with Crippen LogP contribution in [0.25, 0.3) is 0 Å². The number of esters is 1. The molecule has 4 atom stereocenters. The first-order chi connectivity index (χ1) is 21.8. The molecule has 2 aliphatic rings. The van der Waals surface area contributed by atoms with Crippen LogP contribution in [0.4, 0.5) is 24.5 Å². The molecule has 2 heterocycles. The average Bonchev–Trinajstić information content (AvgIpc) is 3.33. The van der Waals surface area contributed by atoms with E-state index < -0.39 is 76.4 Å². The number of carbonyl (C=O) groups is 5. The number of halogens is 1. The first-order valence-electron chi connectivity index (χ1n) is 15.5. The monoisotopic (exact) mass is 685 g/mol. The Hall–Kier alpha value is -3.95. The summed E-state index contributed by atoms with van der Waals surface area (Å²) in [5, 5.41) is 2.48.